The lowest BCUT2D eigenvalue weighted by Gasteiger charge is -2.29. The number of rotatable bonds is 11. The average Bonchev–Trinajstić information content (AvgIpc) is 2.86. The number of carbonyl (C=O) groups excluding carboxylic acids is 2. The van der Waals surface area contributed by atoms with E-state index in [2.05, 4.69) is 10.6 Å². The molecule has 1 aliphatic rings. The van der Waals surface area contributed by atoms with E-state index in [1.54, 1.807) is 14.2 Å². The average molecular weight is 496 g/mol. The Labute approximate surface area is 213 Å². The molecule has 0 radical (unpaired) electrons. The van der Waals surface area contributed by atoms with E-state index in [1.165, 1.54) is 0 Å². The van der Waals surface area contributed by atoms with Crippen molar-refractivity contribution in [2.75, 3.05) is 14.2 Å². The van der Waals surface area contributed by atoms with Gasteiger partial charge in [-0.15, -0.1) is 0 Å². The molecule has 9 heteroatoms. The van der Waals surface area contributed by atoms with Crippen LogP contribution < -0.4 is 20.1 Å². The molecule has 3 rings (SSSR count). The summed E-state index contributed by atoms with van der Waals surface area (Å²) in [4.78, 5) is 26.6. The summed E-state index contributed by atoms with van der Waals surface area (Å²) in [6.45, 7) is 3.88. The Morgan fingerprint density at radius 3 is 2.39 bits per heavy atom. The van der Waals surface area contributed by atoms with E-state index in [-0.39, 0.29) is 17.7 Å². The Hall–Kier alpha value is -3.04. The second kappa shape index (κ2) is 12.8. The molecule has 2 aromatic rings. The molecule has 0 spiro atoms. The maximum atomic E-state index is 13.3. The molecule has 3 unspecified atom stereocenters. The number of fused-ring (bicyclic) bond motifs is 1. The van der Waals surface area contributed by atoms with Gasteiger partial charge in [-0.2, -0.15) is 0 Å². The summed E-state index contributed by atoms with van der Waals surface area (Å²) in [5, 5.41) is 25.2. The van der Waals surface area contributed by atoms with Crippen LogP contribution in [0, 0.1) is 11.8 Å². The van der Waals surface area contributed by atoms with Gasteiger partial charge in [0.05, 0.1) is 20.2 Å². The Morgan fingerprint density at radius 1 is 1.06 bits per heavy atom. The highest BCUT2D eigenvalue weighted by Gasteiger charge is 2.33. The van der Waals surface area contributed by atoms with Crippen LogP contribution in [0.3, 0.4) is 0 Å². The number of nitrogens with one attached hydrogen (secondary N) is 2. The van der Waals surface area contributed by atoms with Crippen LogP contribution >= 0.6 is 0 Å². The SMILES string of the molecule is COc1ccc2c(c1OC)CCC(C(=O)NC(Cc1ccccc1)C(=O)NC(CC(C)C)B(O)O)C2. The Kier molecular flexibility index (Phi) is 9.78. The normalized spacial score (nSPS) is 16.5. The van der Waals surface area contributed by atoms with Crippen LogP contribution in [0.15, 0.2) is 42.5 Å². The van der Waals surface area contributed by atoms with Gasteiger partial charge in [0.15, 0.2) is 11.5 Å². The van der Waals surface area contributed by atoms with Gasteiger partial charge in [0.1, 0.15) is 6.04 Å². The Morgan fingerprint density at radius 2 is 1.78 bits per heavy atom. The maximum absolute atomic E-state index is 13.3. The molecule has 0 saturated carbocycles. The van der Waals surface area contributed by atoms with Gasteiger partial charge in [-0.05, 0) is 48.8 Å². The van der Waals surface area contributed by atoms with Crippen LogP contribution in [0.1, 0.15) is 43.4 Å². The Bertz CT molecular complexity index is 1030. The number of hydrogen-bond acceptors (Lipinski definition) is 6. The van der Waals surface area contributed by atoms with E-state index in [1.807, 2.05) is 56.3 Å². The molecule has 0 fully saturated rings. The van der Waals surface area contributed by atoms with Gasteiger partial charge in [0.2, 0.25) is 11.8 Å². The molecular formula is C27H37BN2O6. The minimum atomic E-state index is -1.69. The highest BCUT2D eigenvalue weighted by atomic mass is 16.5. The first-order valence-electron chi connectivity index (χ1n) is 12.5. The molecule has 2 aromatic carbocycles. The van der Waals surface area contributed by atoms with Gasteiger partial charge >= 0.3 is 7.12 Å². The summed E-state index contributed by atoms with van der Waals surface area (Å²) < 4.78 is 11.0. The third-order valence-corrected chi connectivity index (χ3v) is 6.65. The summed E-state index contributed by atoms with van der Waals surface area (Å²) in [7, 11) is 1.52. The first kappa shape index (κ1) is 27.6. The zero-order valence-electron chi connectivity index (χ0n) is 21.5. The van der Waals surface area contributed by atoms with E-state index < -0.39 is 25.0 Å². The second-order valence-electron chi connectivity index (χ2n) is 9.79. The van der Waals surface area contributed by atoms with Gasteiger partial charge in [-0.3, -0.25) is 9.59 Å². The van der Waals surface area contributed by atoms with Crippen LogP contribution in [0.4, 0.5) is 0 Å². The number of benzene rings is 2. The molecule has 194 valence electrons. The van der Waals surface area contributed by atoms with Crippen LogP contribution in [0.2, 0.25) is 0 Å². The van der Waals surface area contributed by atoms with Crippen molar-refractivity contribution < 1.29 is 29.1 Å². The highest BCUT2D eigenvalue weighted by Crippen LogP contribution is 2.38. The van der Waals surface area contributed by atoms with Gasteiger partial charge < -0.3 is 30.2 Å². The molecule has 0 aromatic heterocycles. The van der Waals surface area contributed by atoms with Crippen molar-refractivity contribution >= 4 is 18.9 Å². The van der Waals surface area contributed by atoms with Crippen molar-refractivity contribution in [3.05, 3.63) is 59.2 Å². The topological polar surface area (TPSA) is 117 Å². The van der Waals surface area contributed by atoms with Crippen LogP contribution in [-0.4, -0.2) is 55.2 Å². The van der Waals surface area contributed by atoms with E-state index in [0.29, 0.717) is 43.6 Å². The summed E-state index contributed by atoms with van der Waals surface area (Å²) in [5.41, 5.74) is 2.98. The van der Waals surface area contributed by atoms with Gasteiger partial charge in [0.25, 0.3) is 0 Å². The molecule has 8 nitrogen and oxygen atoms in total. The van der Waals surface area contributed by atoms with Crippen molar-refractivity contribution in [1.29, 1.82) is 0 Å². The van der Waals surface area contributed by atoms with Gasteiger partial charge in [-0.25, -0.2) is 0 Å². The van der Waals surface area contributed by atoms with Crippen molar-refractivity contribution in [3.63, 3.8) is 0 Å². The van der Waals surface area contributed by atoms with Gasteiger partial charge in [-0.1, -0.05) is 50.2 Å². The number of carbonyl (C=O) groups is 2. The molecule has 36 heavy (non-hydrogen) atoms. The zero-order valence-corrected chi connectivity index (χ0v) is 21.5. The van der Waals surface area contributed by atoms with Crippen LogP contribution in [-0.2, 0) is 28.9 Å². The lowest BCUT2D eigenvalue weighted by molar-refractivity contribution is -0.131. The molecule has 1 aliphatic carbocycles. The molecular weight excluding hydrogens is 459 g/mol. The summed E-state index contributed by atoms with van der Waals surface area (Å²) in [6.07, 6.45) is 2.51. The number of ether oxygens (including phenoxy) is 2. The quantitative estimate of drug-likeness (QED) is 0.354. The second-order valence-corrected chi connectivity index (χ2v) is 9.79. The third kappa shape index (κ3) is 7.01. The minimum Gasteiger partial charge on any atom is -0.493 e. The summed E-state index contributed by atoms with van der Waals surface area (Å²) >= 11 is 0. The van der Waals surface area contributed by atoms with E-state index >= 15 is 0 Å². The molecule has 4 N–H and O–H groups in total. The lowest BCUT2D eigenvalue weighted by atomic mass is 9.75. The fourth-order valence-corrected chi connectivity index (χ4v) is 4.80. The van der Waals surface area contributed by atoms with Crippen LogP contribution in [0.5, 0.6) is 11.5 Å². The molecule has 0 bridgehead atoms. The smallest absolute Gasteiger partial charge is 0.475 e. The molecule has 0 aliphatic heterocycles. The maximum Gasteiger partial charge on any atom is 0.475 e. The first-order valence-corrected chi connectivity index (χ1v) is 12.5. The van der Waals surface area contributed by atoms with Gasteiger partial charge in [0, 0.05) is 17.9 Å². The first-order chi connectivity index (χ1) is 17.2. The predicted octanol–water partition coefficient (Wildman–Crippen LogP) is 2.08. The lowest BCUT2D eigenvalue weighted by Crippen LogP contribution is -2.55. The monoisotopic (exact) mass is 496 g/mol. The fourth-order valence-electron chi connectivity index (χ4n) is 4.80. The minimum absolute atomic E-state index is 0.150. The fraction of sp³-hybridized carbons (Fsp3) is 0.481. The molecule has 0 heterocycles. The standard InChI is InChI=1S/C27H37BN2O6/c1-17(2)14-24(28(33)34)30-27(32)22(15-18-8-6-5-7-9-18)29-26(31)20-10-12-21-19(16-20)11-13-23(35-3)25(21)36-4/h5-9,11,13,17,20,22,24,33-34H,10,12,14-16H2,1-4H3,(H,29,31)(H,30,32). The number of amides is 2. The predicted molar refractivity (Wildman–Crippen MR) is 139 cm³/mol. The highest BCUT2D eigenvalue weighted by molar-refractivity contribution is 6.43. The van der Waals surface area contributed by atoms with E-state index in [0.717, 1.165) is 16.7 Å². The number of methoxy groups -OCH3 is 2. The van der Waals surface area contributed by atoms with Crippen LogP contribution in [0.25, 0.3) is 0 Å². The van der Waals surface area contributed by atoms with Crippen molar-refractivity contribution in [1.82, 2.24) is 10.6 Å². The van der Waals surface area contributed by atoms with E-state index in [4.69, 9.17) is 9.47 Å². The Balaban J connectivity index is 1.76. The largest absolute Gasteiger partial charge is 0.493 e. The third-order valence-electron chi connectivity index (χ3n) is 6.65. The zero-order chi connectivity index (χ0) is 26.2. The summed E-state index contributed by atoms with van der Waals surface area (Å²) in [6, 6.07) is 12.4. The van der Waals surface area contributed by atoms with Crippen molar-refractivity contribution in [2.45, 2.75) is 57.9 Å². The summed E-state index contributed by atoms with van der Waals surface area (Å²) in [5.74, 6) is -0.231. The van der Waals surface area contributed by atoms with Crippen molar-refractivity contribution in [3.8, 4) is 11.5 Å². The molecule has 3 atom stereocenters. The van der Waals surface area contributed by atoms with E-state index in [9.17, 15) is 19.6 Å². The van der Waals surface area contributed by atoms with Crippen molar-refractivity contribution in [2.24, 2.45) is 11.8 Å². The number of hydrogen-bond donors (Lipinski definition) is 4. The molecule has 0 saturated heterocycles. The molecule has 2 amide bonds.